The van der Waals surface area contributed by atoms with Gasteiger partial charge in [-0.2, -0.15) is 0 Å². The monoisotopic (exact) mass is 349 g/mol. The first-order chi connectivity index (χ1) is 11.6. The molecule has 0 heterocycles. The first kappa shape index (κ1) is 18.6. The molecule has 2 rings (SSSR count). The van der Waals surface area contributed by atoms with E-state index in [0.717, 1.165) is 11.1 Å². The molecular formula is C19H24ClNO3. The normalized spacial score (nSPS) is 13.4. The van der Waals surface area contributed by atoms with Crippen molar-refractivity contribution in [1.82, 2.24) is 5.32 Å². The van der Waals surface area contributed by atoms with Crippen LogP contribution in [0, 0.1) is 0 Å². The van der Waals surface area contributed by atoms with Gasteiger partial charge in [-0.15, -0.1) is 0 Å². The number of benzene rings is 2. The van der Waals surface area contributed by atoms with E-state index in [1.165, 1.54) is 0 Å². The second kappa shape index (κ2) is 8.92. The van der Waals surface area contributed by atoms with Gasteiger partial charge in [0.15, 0.2) is 11.5 Å². The van der Waals surface area contributed by atoms with Crippen LogP contribution in [-0.4, -0.2) is 24.9 Å². The Balaban J connectivity index is 2.04. The van der Waals surface area contributed by atoms with Crippen molar-refractivity contribution in [1.29, 1.82) is 0 Å². The number of ether oxygens (including phenoxy) is 2. The third-order valence-electron chi connectivity index (χ3n) is 3.82. The predicted octanol–water partition coefficient (Wildman–Crippen LogP) is 3.96. The quantitative estimate of drug-likeness (QED) is 0.757. The van der Waals surface area contributed by atoms with Gasteiger partial charge in [-0.25, -0.2) is 0 Å². The summed E-state index contributed by atoms with van der Waals surface area (Å²) in [5.41, 5.74) is 1.85. The number of hydrogen-bond acceptors (Lipinski definition) is 4. The van der Waals surface area contributed by atoms with Gasteiger partial charge in [-0.3, -0.25) is 0 Å². The molecule has 0 bridgehead atoms. The van der Waals surface area contributed by atoms with Crippen molar-refractivity contribution in [3.05, 3.63) is 58.6 Å². The van der Waals surface area contributed by atoms with Gasteiger partial charge in [0.2, 0.25) is 0 Å². The van der Waals surface area contributed by atoms with Crippen LogP contribution in [0.2, 0.25) is 5.02 Å². The van der Waals surface area contributed by atoms with Gasteiger partial charge < -0.3 is 19.9 Å². The van der Waals surface area contributed by atoms with Gasteiger partial charge in [0.05, 0.1) is 24.8 Å². The van der Waals surface area contributed by atoms with Crippen LogP contribution in [0.15, 0.2) is 42.5 Å². The van der Waals surface area contributed by atoms with E-state index >= 15 is 0 Å². The molecule has 0 saturated carbocycles. The summed E-state index contributed by atoms with van der Waals surface area (Å²) in [4.78, 5) is 0. The summed E-state index contributed by atoms with van der Waals surface area (Å²) in [6, 6.07) is 13.2. The molecule has 2 atom stereocenters. The highest BCUT2D eigenvalue weighted by atomic mass is 35.5. The lowest BCUT2D eigenvalue weighted by Crippen LogP contribution is -2.31. The van der Waals surface area contributed by atoms with Crippen molar-refractivity contribution in [2.75, 3.05) is 13.7 Å². The summed E-state index contributed by atoms with van der Waals surface area (Å²) < 4.78 is 10.9. The molecule has 4 nitrogen and oxygen atoms in total. The van der Waals surface area contributed by atoms with E-state index in [1.807, 2.05) is 56.3 Å². The first-order valence-electron chi connectivity index (χ1n) is 8.02. The average Bonchev–Trinajstić information content (AvgIpc) is 2.61. The van der Waals surface area contributed by atoms with E-state index in [4.69, 9.17) is 21.1 Å². The van der Waals surface area contributed by atoms with Crippen molar-refractivity contribution >= 4 is 11.6 Å². The van der Waals surface area contributed by atoms with Gasteiger partial charge in [0.25, 0.3) is 0 Å². The van der Waals surface area contributed by atoms with Crippen LogP contribution in [-0.2, 0) is 6.54 Å². The highest BCUT2D eigenvalue weighted by molar-refractivity contribution is 6.32. The van der Waals surface area contributed by atoms with Crippen molar-refractivity contribution < 1.29 is 14.6 Å². The van der Waals surface area contributed by atoms with E-state index < -0.39 is 6.10 Å². The Labute approximate surface area is 148 Å². The van der Waals surface area contributed by atoms with Gasteiger partial charge >= 0.3 is 0 Å². The smallest absolute Gasteiger partial charge is 0.179 e. The highest BCUT2D eigenvalue weighted by Crippen LogP contribution is 2.36. The Kier molecular flexibility index (Phi) is 6.91. The van der Waals surface area contributed by atoms with Gasteiger partial charge in [0.1, 0.15) is 0 Å². The van der Waals surface area contributed by atoms with Crippen LogP contribution in [0.3, 0.4) is 0 Å². The maximum atomic E-state index is 10.4. The maximum Gasteiger partial charge on any atom is 0.179 e. The molecule has 0 aliphatic heterocycles. The molecule has 0 aromatic heterocycles. The van der Waals surface area contributed by atoms with E-state index in [1.54, 1.807) is 7.11 Å². The van der Waals surface area contributed by atoms with Crippen LogP contribution in [0.1, 0.15) is 31.1 Å². The summed E-state index contributed by atoms with van der Waals surface area (Å²) in [6.07, 6.45) is -0.578. The van der Waals surface area contributed by atoms with Crippen molar-refractivity contribution in [3.63, 3.8) is 0 Å². The summed E-state index contributed by atoms with van der Waals surface area (Å²) in [7, 11) is 1.59. The summed E-state index contributed by atoms with van der Waals surface area (Å²) in [6.45, 7) is 4.93. The molecule has 0 unspecified atom stereocenters. The summed E-state index contributed by atoms with van der Waals surface area (Å²) >= 11 is 6.28. The molecule has 0 spiro atoms. The molecule has 0 saturated heterocycles. The van der Waals surface area contributed by atoms with Gasteiger partial charge in [0, 0.05) is 12.6 Å². The molecule has 24 heavy (non-hydrogen) atoms. The Morgan fingerprint density at radius 2 is 1.92 bits per heavy atom. The fourth-order valence-electron chi connectivity index (χ4n) is 2.49. The zero-order chi connectivity index (χ0) is 17.5. The van der Waals surface area contributed by atoms with Crippen LogP contribution >= 0.6 is 11.6 Å². The summed E-state index contributed by atoms with van der Waals surface area (Å²) in [5, 5.41) is 14.2. The average molecular weight is 350 g/mol. The molecule has 5 heteroatoms. The van der Waals surface area contributed by atoms with Crippen LogP contribution in [0.5, 0.6) is 11.5 Å². The van der Waals surface area contributed by atoms with Gasteiger partial charge in [-0.05, 0) is 37.1 Å². The number of hydrogen-bond donors (Lipinski definition) is 2. The minimum atomic E-state index is -0.578. The number of methoxy groups -OCH3 is 1. The Morgan fingerprint density at radius 1 is 1.21 bits per heavy atom. The fraction of sp³-hybridized carbons (Fsp3) is 0.368. The highest BCUT2D eigenvalue weighted by Gasteiger charge is 2.17. The lowest BCUT2D eigenvalue weighted by molar-refractivity contribution is 0.135. The molecule has 2 aromatic rings. The molecular weight excluding hydrogens is 326 g/mol. The zero-order valence-corrected chi connectivity index (χ0v) is 15.0. The SMILES string of the molecule is CCOc1c(Cl)cc(CN[C@@H](C)[C@@H](O)c2ccccc2)cc1OC. The number of rotatable bonds is 8. The minimum Gasteiger partial charge on any atom is -0.493 e. The second-order valence-electron chi connectivity index (χ2n) is 5.57. The summed E-state index contributed by atoms with van der Waals surface area (Å²) in [5.74, 6) is 1.17. The minimum absolute atomic E-state index is 0.108. The largest absolute Gasteiger partial charge is 0.493 e. The Morgan fingerprint density at radius 3 is 2.54 bits per heavy atom. The van der Waals surface area contributed by atoms with E-state index in [2.05, 4.69) is 5.32 Å². The molecule has 0 fully saturated rings. The first-order valence-corrected chi connectivity index (χ1v) is 8.40. The van der Waals surface area contributed by atoms with E-state index in [-0.39, 0.29) is 6.04 Å². The van der Waals surface area contributed by atoms with Crippen molar-refractivity contribution in [2.45, 2.75) is 32.5 Å². The molecule has 130 valence electrons. The lowest BCUT2D eigenvalue weighted by Gasteiger charge is -2.21. The Bertz CT molecular complexity index is 649. The predicted molar refractivity (Wildman–Crippen MR) is 96.9 cm³/mol. The number of halogens is 1. The lowest BCUT2D eigenvalue weighted by atomic mass is 10.0. The maximum absolute atomic E-state index is 10.4. The molecule has 0 aliphatic carbocycles. The van der Waals surface area contributed by atoms with Crippen molar-refractivity contribution in [3.8, 4) is 11.5 Å². The topological polar surface area (TPSA) is 50.7 Å². The second-order valence-corrected chi connectivity index (χ2v) is 5.97. The third kappa shape index (κ3) is 4.63. The van der Waals surface area contributed by atoms with Crippen molar-refractivity contribution in [2.24, 2.45) is 0 Å². The molecule has 0 aliphatic rings. The molecule has 0 amide bonds. The Hall–Kier alpha value is -1.75. The molecule has 2 N–H and O–H groups in total. The fourth-order valence-corrected chi connectivity index (χ4v) is 2.78. The van der Waals surface area contributed by atoms with E-state index in [9.17, 15) is 5.11 Å². The number of aliphatic hydroxyl groups excluding tert-OH is 1. The number of aliphatic hydroxyl groups is 1. The standard InChI is InChI=1S/C19H24ClNO3/c1-4-24-19-16(20)10-14(11-17(19)23-3)12-21-13(2)18(22)15-8-6-5-7-9-15/h5-11,13,18,21-22H,4,12H2,1-3H3/t13-,18+/m0/s1. The molecule has 2 aromatic carbocycles. The van der Waals surface area contributed by atoms with E-state index in [0.29, 0.717) is 29.7 Å². The third-order valence-corrected chi connectivity index (χ3v) is 4.10. The van der Waals surface area contributed by atoms with Crippen LogP contribution in [0.4, 0.5) is 0 Å². The van der Waals surface area contributed by atoms with Crippen LogP contribution < -0.4 is 14.8 Å². The van der Waals surface area contributed by atoms with Crippen LogP contribution in [0.25, 0.3) is 0 Å². The molecule has 0 radical (unpaired) electrons. The zero-order valence-electron chi connectivity index (χ0n) is 14.3. The van der Waals surface area contributed by atoms with Gasteiger partial charge in [-0.1, -0.05) is 41.9 Å². The number of nitrogens with one attached hydrogen (secondary N) is 1.